The van der Waals surface area contributed by atoms with Crippen molar-refractivity contribution in [1.82, 2.24) is 0 Å². The van der Waals surface area contributed by atoms with Crippen LogP contribution in [0.4, 0.5) is 22.0 Å². The average molecular weight is 320 g/mol. The van der Waals surface area contributed by atoms with E-state index in [0.29, 0.717) is 0 Å². The molecule has 20 heavy (non-hydrogen) atoms. The fraction of sp³-hybridized carbons (Fsp3) is 0.364. The second-order valence-corrected chi connectivity index (χ2v) is 3.56. The van der Waals surface area contributed by atoms with Gasteiger partial charge in [-0.3, -0.25) is 0 Å². The summed E-state index contributed by atoms with van der Waals surface area (Å²) >= 11 is 0. The van der Waals surface area contributed by atoms with Crippen LogP contribution in [0.3, 0.4) is 0 Å². The minimum absolute atomic E-state index is 0. The number of hydrogen-bond acceptors (Lipinski definition) is 3. The largest absolute Gasteiger partial charge is 0.464 e. The summed E-state index contributed by atoms with van der Waals surface area (Å²) in [4.78, 5) is 11.0. The van der Waals surface area contributed by atoms with Crippen LogP contribution in [0.1, 0.15) is 18.5 Å². The molecule has 2 atom stereocenters. The van der Waals surface area contributed by atoms with Crippen LogP contribution >= 0.6 is 12.4 Å². The normalized spacial score (nSPS) is 13.3. The van der Waals surface area contributed by atoms with Gasteiger partial charge < -0.3 is 10.5 Å². The predicted molar refractivity (Wildman–Crippen MR) is 62.0 cm³/mol. The van der Waals surface area contributed by atoms with Crippen molar-refractivity contribution in [3.05, 3.63) is 34.9 Å². The van der Waals surface area contributed by atoms with E-state index in [0.717, 1.165) is 0 Å². The molecule has 1 rings (SSSR count). The van der Waals surface area contributed by atoms with Gasteiger partial charge in [-0.1, -0.05) is 0 Å². The summed E-state index contributed by atoms with van der Waals surface area (Å²) in [7, 11) is 0. The molecule has 114 valence electrons. The standard InChI is InChI=1S/C11H10F5NO2.ClH/c1-2-19-11(18)9(16)10(17)6-7(14)4(12)3-5(13)8(6)15;/h3,9-10H,2,17H2,1H3;1H/t9?,10-;/m0./s1. The van der Waals surface area contributed by atoms with E-state index in [2.05, 4.69) is 4.74 Å². The molecule has 0 bridgehead atoms. The minimum atomic E-state index is -2.65. The highest BCUT2D eigenvalue weighted by Crippen LogP contribution is 2.27. The third-order valence-corrected chi connectivity index (χ3v) is 2.31. The third-order valence-electron chi connectivity index (χ3n) is 2.31. The molecule has 0 radical (unpaired) electrons. The van der Waals surface area contributed by atoms with Crippen LogP contribution in [0.25, 0.3) is 0 Å². The summed E-state index contributed by atoms with van der Waals surface area (Å²) in [6.45, 7) is 1.19. The lowest BCUT2D eigenvalue weighted by Crippen LogP contribution is -2.33. The smallest absolute Gasteiger partial charge is 0.342 e. The van der Waals surface area contributed by atoms with E-state index in [1.165, 1.54) is 6.92 Å². The predicted octanol–water partition coefficient (Wildman–Crippen LogP) is 2.57. The molecule has 0 saturated heterocycles. The summed E-state index contributed by atoms with van der Waals surface area (Å²) in [6, 6.07) is -2.26. The zero-order valence-electron chi connectivity index (χ0n) is 10.1. The SMILES string of the molecule is CCOC(=O)C(F)[C@@H](N)c1c(F)c(F)cc(F)c1F.Cl. The number of halogens is 6. The van der Waals surface area contributed by atoms with Crippen molar-refractivity contribution in [3.63, 3.8) is 0 Å². The van der Waals surface area contributed by atoms with Gasteiger partial charge in [0.1, 0.15) is 0 Å². The first-order chi connectivity index (χ1) is 8.81. The molecule has 0 saturated carbocycles. The van der Waals surface area contributed by atoms with Crippen molar-refractivity contribution in [2.45, 2.75) is 19.1 Å². The molecule has 2 N–H and O–H groups in total. The van der Waals surface area contributed by atoms with Crippen LogP contribution in [-0.4, -0.2) is 18.7 Å². The molecular formula is C11H11ClF5NO2. The maximum Gasteiger partial charge on any atom is 0.342 e. The van der Waals surface area contributed by atoms with E-state index < -0.39 is 47.0 Å². The molecule has 0 aliphatic heterocycles. The highest BCUT2D eigenvalue weighted by atomic mass is 35.5. The van der Waals surface area contributed by atoms with E-state index in [1.54, 1.807) is 0 Å². The van der Waals surface area contributed by atoms with E-state index in [-0.39, 0.29) is 25.1 Å². The van der Waals surface area contributed by atoms with Crippen LogP contribution in [0, 0.1) is 23.3 Å². The molecule has 1 aromatic carbocycles. The number of nitrogens with two attached hydrogens (primary N) is 1. The highest BCUT2D eigenvalue weighted by Gasteiger charge is 2.34. The first-order valence-electron chi connectivity index (χ1n) is 5.20. The van der Waals surface area contributed by atoms with Crippen LogP contribution in [-0.2, 0) is 9.53 Å². The Labute approximate surface area is 117 Å². The van der Waals surface area contributed by atoms with Crippen molar-refractivity contribution < 1.29 is 31.5 Å². The Morgan fingerprint density at radius 1 is 1.25 bits per heavy atom. The summed E-state index contributed by atoms with van der Waals surface area (Å²) < 4.78 is 70.2. The van der Waals surface area contributed by atoms with Crippen LogP contribution in [0.5, 0.6) is 0 Å². The average Bonchev–Trinajstić information content (AvgIpc) is 2.36. The molecule has 1 aromatic rings. The lowest BCUT2D eigenvalue weighted by atomic mass is 10.0. The Morgan fingerprint density at radius 2 is 1.70 bits per heavy atom. The summed E-state index contributed by atoms with van der Waals surface area (Å²) in [5.41, 5.74) is 3.74. The van der Waals surface area contributed by atoms with Gasteiger partial charge in [-0.25, -0.2) is 26.7 Å². The number of rotatable bonds is 4. The molecule has 0 aliphatic rings. The fourth-order valence-electron chi connectivity index (χ4n) is 1.40. The molecule has 0 heterocycles. The van der Waals surface area contributed by atoms with Gasteiger partial charge in [0.05, 0.1) is 12.6 Å². The molecule has 3 nitrogen and oxygen atoms in total. The van der Waals surface area contributed by atoms with E-state index >= 15 is 0 Å². The van der Waals surface area contributed by atoms with Gasteiger partial charge in [0.25, 0.3) is 0 Å². The zero-order valence-corrected chi connectivity index (χ0v) is 10.9. The monoisotopic (exact) mass is 319 g/mol. The van der Waals surface area contributed by atoms with Gasteiger partial charge >= 0.3 is 5.97 Å². The quantitative estimate of drug-likeness (QED) is 0.527. The third kappa shape index (κ3) is 3.57. The second kappa shape index (κ2) is 7.39. The molecule has 0 aliphatic carbocycles. The van der Waals surface area contributed by atoms with Crippen LogP contribution in [0.15, 0.2) is 6.07 Å². The summed E-state index contributed by atoms with van der Waals surface area (Å²) in [5, 5.41) is 0. The van der Waals surface area contributed by atoms with Crippen molar-refractivity contribution in [3.8, 4) is 0 Å². The van der Waals surface area contributed by atoms with Crippen LogP contribution < -0.4 is 5.73 Å². The van der Waals surface area contributed by atoms with Gasteiger partial charge in [-0.2, -0.15) is 0 Å². The topological polar surface area (TPSA) is 52.3 Å². The first-order valence-corrected chi connectivity index (χ1v) is 5.20. The van der Waals surface area contributed by atoms with E-state index in [4.69, 9.17) is 5.73 Å². The van der Waals surface area contributed by atoms with Gasteiger partial charge in [0.2, 0.25) is 6.17 Å². The molecule has 0 fully saturated rings. The van der Waals surface area contributed by atoms with E-state index in [9.17, 15) is 26.7 Å². The molecule has 0 spiro atoms. The van der Waals surface area contributed by atoms with Crippen LogP contribution in [0.2, 0.25) is 0 Å². The molecule has 1 unspecified atom stereocenters. The van der Waals surface area contributed by atoms with Crippen molar-refractivity contribution >= 4 is 18.4 Å². The van der Waals surface area contributed by atoms with Crippen molar-refractivity contribution in [2.75, 3.05) is 6.61 Å². The highest BCUT2D eigenvalue weighted by molar-refractivity contribution is 5.85. The van der Waals surface area contributed by atoms with Crippen molar-refractivity contribution in [1.29, 1.82) is 0 Å². The maximum absolute atomic E-state index is 13.5. The molecule has 9 heteroatoms. The van der Waals surface area contributed by atoms with E-state index in [1.807, 2.05) is 0 Å². The van der Waals surface area contributed by atoms with Crippen molar-refractivity contribution in [2.24, 2.45) is 5.73 Å². The van der Waals surface area contributed by atoms with Gasteiger partial charge in [0, 0.05) is 11.6 Å². The summed E-state index contributed by atoms with van der Waals surface area (Å²) in [5.74, 6) is -8.64. The minimum Gasteiger partial charge on any atom is -0.464 e. The number of carbonyl (C=O) groups excluding carboxylic acids is 1. The second-order valence-electron chi connectivity index (χ2n) is 3.56. The molecular weight excluding hydrogens is 309 g/mol. The Bertz CT molecular complexity index is 474. The number of esters is 1. The number of ether oxygens (including phenoxy) is 1. The number of benzene rings is 1. The number of alkyl halides is 1. The Morgan fingerprint density at radius 3 is 2.10 bits per heavy atom. The Balaban J connectivity index is 0.00000361. The maximum atomic E-state index is 13.5. The fourth-order valence-corrected chi connectivity index (χ4v) is 1.40. The summed E-state index contributed by atoms with van der Waals surface area (Å²) in [6.07, 6.45) is -2.65. The first kappa shape index (κ1) is 18.6. The number of hydrogen-bond donors (Lipinski definition) is 1. The Kier molecular flexibility index (Phi) is 6.87. The van der Waals surface area contributed by atoms with Gasteiger partial charge in [-0.15, -0.1) is 12.4 Å². The van der Waals surface area contributed by atoms with Gasteiger partial charge in [0.15, 0.2) is 23.3 Å². The lowest BCUT2D eigenvalue weighted by molar-refractivity contribution is -0.150. The number of carbonyl (C=O) groups is 1. The lowest BCUT2D eigenvalue weighted by Gasteiger charge is -2.17. The zero-order chi connectivity index (χ0) is 14.7. The molecule has 0 aromatic heterocycles. The molecule has 0 amide bonds. The Hall–Kier alpha value is -1.41. The van der Waals surface area contributed by atoms with Gasteiger partial charge in [-0.05, 0) is 6.92 Å².